The summed E-state index contributed by atoms with van der Waals surface area (Å²) in [6.07, 6.45) is -5.26. The summed E-state index contributed by atoms with van der Waals surface area (Å²) in [5, 5.41) is 2.06. The van der Waals surface area contributed by atoms with Crippen LogP contribution in [0.4, 0.5) is 13.2 Å². The average molecular weight is 356 g/mol. The van der Waals surface area contributed by atoms with Gasteiger partial charge in [-0.1, -0.05) is 0 Å². The molecule has 0 spiro atoms. The first kappa shape index (κ1) is 22.6. The first-order chi connectivity index (χ1) is 10.5. The number of alkyl halides is 3. The second-order valence-electron chi connectivity index (χ2n) is 7.37. The van der Waals surface area contributed by atoms with Gasteiger partial charge in [0.2, 0.25) is 0 Å². The molecule has 0 rings (SSSR count). The van der Waals surface area contributed by atoms with Crippen LogP contribution in [0.2, 0.25) is 0 Å². The van der Waals surface area contributed by atoms with Crippen LogP contribution in [0.25, 0.3) is 0 Å². The molecule has 0 aromatic rings. The summed E-state index contributed by atoms with van der Waals surface area (Å²) in [5.74, 6) is -1.79. The number of carbonyl (C=O) groups is 2. The van der Waals surface area contributed by atoms with Gasteiger partial charge in [-0.25, -0.2) is 0 Å². The number of rotatable bonds is 6. The minimum atomic E-state index is -4.66. The highest BCUT2D eigenvalue weighted by atomic mass is 19.4. The summed E-state index contributed by atoms with van der Waals surface area (Å²) < 4.78 is 48.8. The summed E-state index contributed by atoms with van der Waals surface area (Å²) in [6.45, 7) is 8.76. The molecule has 0 saturated carbocycles. The molecule has 2 atom stereocenters. The van der Waals surface area contributed by atoms with Gasteiger partial charge in [0.15, 0.2) is 0 Å². The molecule has 0 unspecified atom stereocenters. The normalized spacial score (nSPS) is 15.6. The van der Waals surface area contributed by atoms with Crippen molar-refractivity contribution in [2.24, 2.45) is 5.73 Å². The highest BCUT2D eigenvalue weighted by molar-refractivity contribution is 5.83. The Kier molecular flexibility index (Phi) is 7.69. The van der Waals surface area contributed by atoms with E-state index < -0.39 is 54.4 Å². The Morgan fingerprint density at radius 2 is 1.46 bits per heavy atom. The predicted molar refractivity (Wildman–Crippen MR) is 82.1 cm³/mol. The number of carbonyl (C=O) groups excluding carboxylic acids is 2. The van der Waals surface area contributed by atoms with Crippen molar-refractivity contribution in [2.75, 3.05) is 6.54 Å². The number of hydrogen-bond acceptors (Lipinski definition) is 6. The fraction of sp³-hybridized carbons (Fsp3) is 0.867. The predicted octanol–water partition coefficient (Wildman–Crippen LogP) is 1.91. The maximum Gasteiger partial charge on any atom is 0.405 e. The van der Waals surface area contributed by atoms with E-state index in [-0.39, 0.29) is 0 Å². The lowest BCUT2D eigenvalue weighted by Crippen LogP contribution is -2.55. The Labute approximate surface area is 140 Å². The number of nitrogens with one attached hydrogen (secondary N) is 1. The van der Waals surface area contributed by atoms with Crippen LogP contribution >= 0.6 is 0 Å². The van der Waals surface area contributed by atoms with E-state index in [1.54, 1.807) is 41.5 Å². The largest absolute Gasteiger partial charge is 0.460 e. The van der Waals surface area contributed by atoms with Gasteiger partial charge in [0.25, 0.3) is 0 Å². The number of nitrogens with two attached hydrogens (primary N) is 1. The Morgan fingerprint density at radius 3 is 1.79 bits per heavy atom. The molecule has 0 aliphatic carbocycles. The van der Waals surface area contributed by atoms with Gasteiger partial charge >= 0.3 is 18.1 Å². The van der Waals surface area contributed by atoms with E-state index in [2.05, 4.69) is 5.32 Å². The quantitative estimate of drug-likeness (QED) is 0.707. The minimum Gasteiger partial charge on any atom is -0.460 e. The van der Waals surface area contributed by atoms with Crippen molar-refractivity contribution >= 4 is 11.9 Å². The lowest BCUT2D eigenvalue weighted by atomic mass is 10.1. The van der Waals surface area contributed by atoms with Crippen LogP contribution in [-0.4, -0.2) is 47.9 Å². The van der Waals surface area contributed by atoms with Crippen molar-refractivity contribution in [1.82, 2.24) is 5.32 Å². The molecule has 0 aromatic carbocycles. The third-order valence-corrected chi connectivity index (χ3v) is 2.52. The summed E-state index contributed by atoms with van der Waals surface area (Å²) in [4.78, 5) is 24.0. The molecule has 0 aromatic heterocycles. The Hall–Kier alpha value is -1.35. The first-order valence-corrected chi connectivity index (χ1v) is 7.52. The van der Waals surface area contributed by atoms with Crippen LogP contribution in [0.5, 0.6) is 0 Å². The van der Waals surface area contributed by atoms with Crippen molar-refractivity contribution in [3.8, 4) is 0 Å². The molecule has 6 nitrogen and oxygen atoms in total. The van der Waals surface area contributed by atoms with Crippen LogP contribution in [0.15, 0.2) is 0 Å². The van der Waals surface area contributed by atoms with Gasteiger partial charge in [0, 0.05) is 6.54 Å². The van der Waals surface area contributed by atoms with E-state index in [0.29, 0.717) is 0 Å². The van der Waals surface area contributed by atoms with E-state index in [9.17, 15) is 22.8 Å². The third kappa shape index (κ3) is 9.71. The van der Waals surface area contributed by atoms with Crippen molar-refractivity contribution in [1.29, 1.82) is 0 Å². The van der Waals surface area contributed by atoms with Gasteiger partial charge in [-0.15, -0.1) is 0 Å². The van der Waals surface area contributed by atoms with Crippen molar-refractivity contribution in [2.45, 2.75) is 77.4 Å². The zero-order chi connectivity index (χ0) is 19.3. The topological polar surface area (TPSA) is 90.6 Å². The van der Waals surface area contributed by atoms with Gasteiger partial charge in [-0.2, -0.15) is 13.2 Å². The zero-order valence-electron chi connectivity index (χ0n) is 14.9. The molecule has 0 amide bonds. The highest BCUT2D eigenvalue weighted by Crippen LogP contribution is 2.21. The van der Waals surface area contributed by atoms with E-state index in [1.165, 1.54) is 0 Å². The molecule has 0 radical (unpaired) electrons. The first-order valence-electron chi connectivity index (χ1n) is 7.52. The van der Waals surface area contributed by atoms with Crippen LogP contribution in [0.3, 0.4) is 0 Å². The average Bonchev–Trinajstić information content (AvgIpc) is 2.27. The van der Waals surface area contributed by atoms with Crippen LogP contribution in [-0.2, 0) is 19.1 Å². The van der Waals surface area contributed by atoms with Gasteiger partial charge in [-0.05, 0) is 41.5 Å². The van der Waals surface area contributed by atoms with Gasteiger partial charge < -0.3 is 15.2 Å². The molecule has 0 fully saturated rings. The SMILES string of the molecule is CC(C)(C)OC(=O)C[C@H](N[C@@H](CN)C(F)(F)F)C(=O)OC(C)(C)C. The summed E-state index contributed by atoms with van der Waals surface area (Å²) in [7, 11) is 0. The lowest BCUT2D eigenvalue weighted by Gasteiger charge is -2.29. The van der Waals surface area contributed by atoms with Crippen LogP contribution in [0, 0.1) is 0 Å². The molecule has 0 aliphatic rings. The molecule has 24 heavy (non-hydrogen) atoms. The van der Waals surface area contributed by atoms with E-state index in [0.717, 1.165) is 0 Å². The molecule has 0 saturated heterocycles. The van der Waals surface area contributed by atoms with Crippen molar-refractivity contribution in [3.05, 3.63) is 0 Å². The van der Waals surface area contributed by atoms with E-state index >= 15 is 0 Å². The molecule has 0 bridgehead atoms. The second-order valence-corrected chi connectivity index (χ2v) is 7.37. The number of halogens is 3. The summed E-state index contributed by atoms with van der Waals surface area (Å²) in [6, 6.07) is -3.66. The van der Waals surface area contributed by atoms with Gasteiger partial charge in [-0.3, -0.25) is 14.9 Å². The fourth-order valence-corrected chi connectivity index (χ4v) is 1.67. The molecular formula is C15H27F3N2O4. The molecule has 0 heterocycles. The Bertz CT molecular complexity index is 439. The molecule has 142 valence electrons. The van der Waals surface area contributed by atoms with E-state index in [4.69, 9.17) is 15.2 Å². The maximum absolute atomic E-state index is 12.9. The Morgan fingerprint density at radius 1 is 1.00 bits per heavy atom. The third-order valence-electron chi connectivity index (χ3n) is 2.52. The summed E-state index contributed by atoms with van der Waals surface area (Å²) >= 11 is 0. The second kappa shape index (κ2) is 8.15. The van der Waals surface area contributed by atoms with Crippen molar-refractivity contribution in [3.63, 3.8) is 0 Å². The van der Waals surface area contributed by atoms with E-state index in [1.807, 2.05) is 0 Å². The van der Waals surface area contributed by atoms with Gasteiger partial charge in [0.1, 0.15) is 23.3 Å². The molecule has 9 heteroatoms. The van der Waals surface area contributed by atoms with Crippen LogP contribution < -0.4 is 11.1 Å². The maximum atomic E-state index is 12.9. The number of hydrogen-bond donors (Lipinski definition) is 2. The monoisotopic (exact) mass is 356 g/mol. The number of esters is 2. The van der Waals surface area contributed by atoms with Crippen molar-refractivity contribution < 1.29 is 32.2 Å². The summed E-state index contributed by atoms with van der Waals surface area (Å²) in [5.41, 5.74) is 3.37. The molecule has 0 aliphatic heterocycles. The van der Waals surface area contributed by atoms with Crippen LogP contribution in [0.1, 0.15) is 48.0 Å². The smallest absolute Gasteiger partial charge is 0.405 e. The van der Waals surface area contributed by atoms with Gasteiger partial charge in [0.05, 0.1) is 6.42 Å². The lowest BCUT2D eigenvalue weighted by molar-refractivity contribution is -0.172. The fourth-order valence-electron chi connectivity index (χ4n) is 1.67. The number of ether oxygens (including phenoxy) is 2. The zero-order valence-corrected chi connectivity index (χ0v) is 14.9. The molecule has 3 N–H and O–H groups in total. The minimum absolute atomic E-state index is 0.598. The Balaban J connectivity index is 5.22. The highest BCUT2D eigenvalue weighted by Gasteiger charge is 2.42. The standard InChI is InChI=1S/C15H27F3N2O4/c1-13(2,3)23-11(21)7-9(12(22)24-14(4,5)6)20-10(8-19)15(16,17)18/h9-10,20H,7-8,19H2,1-6H3/t9-,10-/m0/s1. The molecular weight excluding hydrogens is 329 g/mol.